The van der Waals surface area contributed by atoms with Gasteiger partial charge in [-0.25, -0.2) is 0 Å². The predicted molar refractivity (Wildman–Crippen MR) is 64.4 cm³/mol. The van der Waals surface area contributed by atoms with Gasteiger partial charge in [0.05, 0.1) is 12.2 Å². The number of likely N-dealkylation sites (N-methyl/N-ethyl adjacent to an activating group) is 1. The van der Waals surface area contributed by atoms with E-state index in [9.17, 15) is 5.11 Å². The first-order valence-corrected chi connectivity index (χ1v) is 6.74. The minimum Gasteiger partial charge on any atom is -0.393 e. The molecular weight excluding hydrogens is 202 g/mol. The molecule has 16 heavy (non-hydrogen) atoms. The Labute approximate surface area is 98.8 Å². The van der Waals surface area contributed by atoms with Crippen LogP contribution in [0.15, 0.2) is 0 Å². The zero-order valence-corrected chi connectivity index (χ0v) is 10.4. The van der Waals surface area contributed by atoms with Crippen LogP contribution in [0.2, 0.25) is 0 Å². The number of hydrogen-bond acceptors (Lipinski definition) is 3. The van der Waals surface area contributed by atoms with Gasteiger partial charge in [0.1, 0.15) is 0 Å². The molecule has 0 bridgehead atoms. The van der Waals surface area contributed by atoms with E-state index in [1.54, 1.807) is 0 Å². The highest BCUT2D eigenvalue weighted by Gasteiger charge is 2.25. The fraction of sp³-hybridized carbons (Fsp3) is 1.00. The van der Waals surface area contributed by atoms with Crippen LogP contribution in [0.3, 0.4) is 0 Å². The van der Waals surface area contributed by atoms with Gasteiger partial charge >= 0.3 is 0 Å². The van der Waals surface area contributed by atoms with E-state index in [2.05, 4.69) is 11.9 Å². The van der Waals surface area contributed by atoms with Gasteiger partial charge in [0.2, 0.25) is 0 Å². The van der Waals surface area contributed by atoms with Gasteiger partial charge < -0.3 is 14.7 Å². The Hall–Kier alpha value is -0.120. The molecule has 0 amide bonds. The maximum absolute atomic E-state index is 9.74. The maximum atomic E-state index is 9.74. The highest BCUT2D eigenvalue weighted by molar-refractivity contribution is 4.78. The number of rotatable bonds is 5. The smallest absolute Gasteiger partial charge is 0.0702 e. The molecule has 1 saturated carbocycles. The molecule has 2 fully saturated rings. The Morgan fingerprint density at radius 1 is 1.25 bits per heavy atom. The van der Waals surface area contributed by atoms with Crippen molar-refractivity contribution in [1.82, 2.24) is 4.90 Å². The van der Waals surface area contributed by atoms with Crippen LogP contribution in [0.4, 0.5) is 0 Å². The van der Waals surface area contributed by atoms with Crippen molar-refractivity contribution in [2.45, 2.75) is 50.7 Å². The summed E-state index contributed by atoms with van der Waals surface area (Å²) in [6.07, 6.45) is 7.45. The summed E-state index contributed by atoms with van der Waals surface area (Å²) < 4.78 is 5.63. The van der Waals surface area contributed by atoms with Crippen LogP contribution in [0, 0.1) is 5.92 Å². The van der Waals surface area contributed by atoms with Crippen LogP contribution < -0.4 is 0 Å². The lowest BCUT2D eigenvalue weighted by Crippen LogP contribution is -2.31. The lowest BCUT2D eigenvalue weighted by atomic mass is 10.0. The molecule has 0 radical (unpaired) electrons. The van der Waals surface area contributed by atoms with Crippen LogP contribution >= 0.6 is 0 Å². The first-order chi connectivity index (χ1) is 7.75. The Kier molecular flexibility index (Phi) is 4.62. The molecule has 1 aliphatic carbocycles. The fourth-order valence-corrected chi connectivity index (χ4v) is 2.97. The molecule has 94 valence electrons. The van der Waals surface area contributed by atoms with Crippen molar-refractivity contribution < 1.29 is 9.84 Å². The summed E-state index contributed by atoms with van der Waals surface area (Å²) in [6.45, 7) is 3.10. The average Bonchev–Trinajstić information content (AvgIpc) is 2.87. The summed E-state index contributed by atoms with van der Waals surface area (Å²) >= 11 is 0. The minimum absolute atomic E-state index is 0.0314. The van der Waals surface area contributed by atoms with E-state index in [0.717, 1.165) is 32.5 Å². The summed E-state index contributed by atoms with van der Waals surface area (Å²) in [5.74, 6) is 0.548. The van der Waals surface area contributed by atoms with E-state index in [1.807, 2.05) is 0 Å². The van der Waals surface area contributed by atoms with Gasteiger partial charge in [0.25, 0.3) is 0 Å². The largest absolute Gasteiger partial charge is 0.393 e. The molecule has 3 atom stereocenters. The Morgan fingerprint density at radius 3 is 2.75 bits per heavy atom. The van der Waals surface area contributed by atoms with Crippen molar-refractivity contribution in [2.24, 2.45) is 5.92 Å². The van der Waals surface area contributed by atoms with Crippen LogP contribution in [-0.4, -0.2) is 49.0 Å². The van der Waals surface area contributed by atoms with Crippen LogP contribution in [0.5, 0.6) is 0 Å². The summed E-state index contributed by atoms with van der Waals surface area (Å²) in [4.78, 5) is 2.36. The van der Waals surface area contributed by atoms with Crippen LogP contribution in [-0.2, 0) is 4.74 Å². The Bertz CT molecular complexity index is 204. The van der Waals surface area contributed by atoms with Gasteiger partial charge in [-0.1, -0.05) is 6.42 Å². The highest BCUT2D eigenvalue weighted by Crippen LogP contribution is 2.28. The van der Waals surface area contributed by atoms with E-state index in [4.69, 9.17) is 4.74 Å². The van der Waals surface area contributed by atoms with Gasteiger partial charge in [-0.15, -0.1) is 0 Å². The SMILES string of the molecule is CN(CCC1CCCC1O)CC1CCCO1. The summed E-state index contributed by atoms with van der Waals surface area (Å²) in [5, 5.41) is 9.74. The molecule has 2 rings (SSSR count). The molecule has 1 saturated heterocycles. The van der Waals surface area contributed by atoms with Gasteiger partial charge in [0.15, 0.2) is 0 Å². The van der Waals surface area contributed by atoms with Gasteiger partial charge in [-0.3, -0.25) is 0 Å². The number of nitrogens with zero attached hydrogens (tertiary/aromatic N) is 1. The van der Waals surface area contributed by atoms with E-state index in [0.29, 0.717) is 12.0 Å². The first kappa shape index (κ1) is 12.3. The number of aliphatic hydroxyl groups is 1. The van der Waals surface area contributed by atoms with Crippen LogP contribution in [0.25, 0.3) is 0 Å². The molecule has 0 aromatic heterocycles. The summed E-state index contributed by atoms with van der Waals surface area (Å²) in [6, 6.07) is 0. The van der Waals surface area contributed by atoms with Crippen molar-refractivity contribution >= 4 is 0 Å². The highest BCUT2D eigenvalue weighted by atomic mass is 16.5. The topological polar surface area (TPSA) is 32.7 Å². The van der Waals surface area contributed by atoms with Gasteiger partial charge in [-0.05, 0) is 51.6 Å². The van der Waals surface area contributed by atoms with Crippen LogP contribution in [0.1, 0.15) is 38.5 Å². The maximum Gasteiger partial charge on any atom is 0.0702 e. The van der Waals surface area contributed by atoms with E-state index >= 15 is 0 Å². The predicted octanol–water partition coefficient (Wildman–Crippen LogP) is 1.65. The second-order valence-electron chi connectivity index (χ2n) is 5.44. The van der Waals surface area contributed by atoms with E-state index < -0.39 is 0 Å². The zero-order valence-electron chi connectivity index (χ0n) is 10.4. The van der Waals surface area contributed by atoms with E-state index in [-0.39, 0.29) is 6.10 Å². The first-order valence-electron chi connectivity index (χ1n) is 6.74. The normalized spacial score (nSPS) is 35.1. The Balaban J connectivity index is 1.61. The molecule has 3 unspecified atom stereocenters. The standard InChI is InChI=1S/C13H25NO2/c1-14(10-12-5-3-9-16-12)8-7-11-4-2-6-13(11)15/h11-13,15H,2-10H2,1H3. The van der Waals surface area contributed by atoms with Crippen molar-refractivity contribution in [3.8, 4) is 0 Å². The number of hydrogen-bond donors (Lipinski definition) is 1. The third kappa shape index (κ3) is 3.44. The number of aliphatic hydroxyl groups excluding tert-OH is 1. The molecule has 3 nitrogen and oxygen atoms in total. The molecule has 0 spiro atoms. The third-order valence-electron chi connectivity index (χ3n) is 4.04. The second-order valence-corrected chi connectivity index (χ2v) is 5.44. The van der Waals surface area contributed by atoms with Crippen molar-refractivity contribution in [3.05, 3.63) is 0 Å². The van der Waals surface area contributed by atoms with Gasteiger partial charge in [-0.2, -0.15) is 0 Å². The van der Waals surface area contributed by atoms with Crippen molar-refractivity contribution in [3.63, 3.8) is 0 Å². The Morgan fingerprint density at radius 2 is 2.12 bits per heavy atom. The molecule has 3 heteroatoms. The zero-order chi connectivity index (χ0) is 11.4. The summed E-state index contributed by atoms with van der Waals surface area (Å²) in [7, 11) is 2.17. The molecule has 1 N–H and O–H groups in total. The molecule has 2 aliphatic rings. The summed E-state index contributed by atoms with van der Waals surface area (Å²) in [5.41, 5.74) is 0. The molecule has 1 heterocycles. The fourth-order valence-electron chi connectivity index (χ4n) is 2.97. The molecule has 0 aromatic carbocycles. The molecular formula is C13H25NO2. The third-order valence-corrected chi connectivity index (χ3v) is 4.04. The second kappa shape index (κ2) is 5.99. The monoisotopic (exact) mass is 227 g/mol. The lowest BCUT2D eigenvalue weighted by molar-refractivity contribution is 0.0745. The lowest BCUT2D eigenvalue weighted by Gasteiger charge is -2.23. The molecule has 0 aromatic rings. The quantitative estimate of drug-likeness (QED) is 0.775. The van der Waals surface area contributed by atoms with Gasteiger partial charge in [0, 0.05) is 13.2 Å². The minimum atomic E-state index is -0.0314. The average molecular weight is 227 g/mol. The number of ether oxygens (including phenoxy) is 1. The van der Waals surface area contributed by atoms with E-state index in [1.165, 1.54) is 25.7 Å². The van der Waals surface area contributed by atoms with Crippen molar-refractivity contribution in [1.29, 1.82) is 0 Å². The molecule has 1 aliphatic heterocycles. The van der Waals surface area contributed by atoms with Crippen molar-refractivity contribution in [2.75, 3.05) is 26.7 Å².